The fourth-order valence-electron chi connectivity index (χ4n) is 1.91. The summed E-state index contributed by atoms with van der Waals surface area (Å²) in [6.07, 6.45) is 0. The molecule has 0 atom stereocenters. The number of methoxy groups -OCH3 is 1. The Hall–Kier alpha value is -2.14. The molecular weight excluding hydrogens is 292 g/mol. The number of carbonyl (C=O) groups is 1. The second-order valence-corrected chi connectivity index (χ2v) is 5.10. The second-order valence-electron chi connectivity index (χ2n) is 4.67. The van der Waals surface area contributed by atoms with Crippen molar-refractivity contribution in [1.82, 2.24) is 0 Å². The maximum Gasteiger partial charge on any atom is 0.373 e. The molecule has 0 radical (unpaired) electrons. The van der Waals surface area contributed by atoms with Crippen LogP contribution in [0.25, 0.3) is 0 Å². The number of ether oxygens (including phenoxy) is 1. The van der Waals surface area contributed by atoms with Crippen molar-refractivity contribution < 1.29 is 13.9 Å². The van der Waals surface area contributed by atoms with E-state index in [9.17, 15) is 4.79 Å². The quantitative estimate of drug-likeness (QED) is 0.858. The first kappa shape index (κ1) is 15.3. The normalized spacial score (nSPS) is 10.3. The predicted molar refractivity (Wildman–Crippen MR) is 83.2 cm³/mol. The number of benzene rings is 1. The van der Waals surface area contributed by atoms with Crippen LogP contribution in [0.15, 0.2) is 34.7 Å². The summed E-state index contributed by atoms with van der Waals surface area (Å²) < 4.78 is 10.0. The zero-order valence-corrected chi connectivity index (χ0v) is 12.9. The number of halogens is 1. The summed E-state index contributed by atoms with van der Waals surface area (Å²) in [5.41, 5.74) is 1.91. The Bertz CT molecular complexity index is 638. The van der Waals surface area contributed by atoms with E-state index in [1.54, 1.807) is 12.1 Å². The van der Waals surface area contributed by atoms with Crippen LogP contribution in [0.3, 0.4) is 0 Å². The topological polar surface area (TPSA) is 54.7 Å². The van der Waals surface area contributed by atoms with Crippen molar-refractivity contribution in [3.05, 3.63) is 46.9 Å². The van der Waals surface area contributed by atoms with Gasteiger partial charge in [-0.2, -0.15) is 0 Å². The maximum atomic E-state index is 11.3. The summed E-state index contributed by atoms with van der Waals surface area (Å²) in [7, 11) is 5.23. The van der Waals surface area contributed by atoms with Gasteiger partial charge in [-0.25, -0.2) is 4.79 Å². The molecule has 112 valence electrons. The van der Waals surface area contributed by atoms with Gasteiger partial charge in [0.15, 0.2) is 0 Å². The first-order valence-electron chi connectivity index (χ1n) is 6.39. The summed E-state index contributed by atoms with van der Waals surface area (Å²) in [5, 5.41) is 3.90. The monoisotopic (exact) mass is 308 g/mol. The number of esters is 1. The third kappa shape index (κ3) is 3.70. The zero-order chi connectivity index (χ0) is 15.4. The van der Waals surface area contributed by atoms with E-state index in [0.717, 1.165) is 11.4 Å². The second kappa shape index (κ2) is 6.54. The Morgan fingerprint density at radius 2 is 2.10 bits per heavy atom. The van der Waals surface area contributed by atoms with Crippen LogP contribution >= 0.6 is 11.6 Å². The fraction of sp³-hybridized carbons (Fsp3) is 0.267. The van der Waals surface area contributed by atoms with Crippen LogP contribution < -0.4 is 10.2 Å². The lowest BCUT2D eigenvalue weighted by Crippen LogP contribution is -2.12. The molecule has 0 bridgehead atoms. The number of rotatable bonds is 5. The van der Waals surface area contributed by atoms with Crippen molar-refractivity contribution in [2.45, 2.75) is 6.54 Å². The SMILES string of the molecule is COC(=O)c1ccc(CNc2cc(Cl)ccc2N(C)C)o1. The standard InChI is InChI=1S/C15H17ClN2O3/c1-18(2)13-6-4-10(16)8-12(13)17-9-11-5-7-14(21-11)15(19)20-3/h4-8,17H,9H2,1-3H3. The first-order valence-corrected chi connectivity index (χ1v) is 6.77. The maximum absolute atomic E-state index is 11.3. The third-order valence-electron chi connectivity index (χ3n) is 2.94. The summed E-state index contributed by atoms with van der Waals surface area (Å²) in [6.45, 7) is 0.443. The number of anilines is 2. The van der Waals surface area contributed by atoms with Crippen LogP contribution in [0.2, 0.25) is 5.02 Å². The van der Waals surface area contributed by atoms with Gasteiger partial charge in [0.25, 0.3) is 0 Å². The van der Waals surface area contributed by atoms with Crippen LogP contribution in [0.4, 0.5) is 11.4 Å². The van der Waals surface area contributed by atoms with Gasteiger partial charge < -0.3 is 19.4 Å². The fourth-order valence-corrected chi connectivity index (χ4v) is 2.08. The molecule has 0 unspecified atom stereocenters. The Morgan fingerprint density at radius 1 is 1.33 bits per heavy atom. The summed E-state index contributed by atoms with van der Waals surface area (Å²) in [4.78, 5) is 13.3. The van der Waals surface area contributed by atoms with Gasteiger partial charge in [-0.3, -0.25) is 0 Å². The molecule has 0 amide bonds. The average Bonchev–Trinajstić information content (AvgIpc) is 2.93. The lowest BCUT2D eigenvalue weighted by molar-refractivity contribution is 0.0563. The molecule has 1 aromatic heterocycles. The van der Waals surface area contributed by atoms with E-state index >= 15 is 0 Å². The van der Waals surface area contributed by atoms with Crippen molar-refractivity contribution in [1.29, 1.82) is 0 Å². The Kier molecular flexibility index (Phi) is 4.75. The molecule has 2 rings (SSSR count). The zero-order valence-electron chi connectivity index (χ0n) is 12.1. The molecule has 6 heteroatoms. The van der Waals surface area contributed by atoms with Crippen molar-refractivity contribution in [2.24, 2.45) is 0 Å². The molecule has 1 N–H and O–H groups in total. The molecule has 5 nitrogen and oxygen atoms in total. The highest BCUT2D eigenvalue weighted by atomic mass is 35.5. The van der Waals surface area contributed by atoms with Crippen LogP contribution in [0.5, 0.6) is 0 Å². The minimum absolute atomic E-state index is 0.188. The van der Waals surface area contributed by atoms with E-state index in [0.29, 0.717) is 17.3 Å². The van der Waals surface area contributed by atoms with Gasteiger partial charge in [0.05, 0.1) is 25.0 Å². The Balaban J connectivity index is 2.11. The van der Waals surface area contributed by atoms with E-state index in [-0.39, 0.29) is 5.76 Å². The third-order valence-corrected chi connectivity index (χ3v) is 3.18. The van der Waals surface area contributed by atoms with Crippen molar-refractivity contribution >= 4 is 28.9 Å². The number of hydrogen-bond acceptors (Lipinski definition) is 5. The molecule has 1 aromatic carbocycles. The first-order chi connectivity index (χ1) is 10.0. The molecule has 0 fully saturated rings. The smallest absolute Gasteiger partial charge is 0.373 e. The van der Waals surface area contributed by atoms with Gasteiger partial charge >= 0.3 is 5.97 Å². The van der Waals surface area contributed by atoms with Gasteiger partial charge in [-0.1, -0.05) is 11.6 Å². The average molecular weight is 309 g/mol. The Labute approximate surface area is 128 Å². The summed E-state index contributed by atoms with van der Waals surface area (Å²) >= 11 is 6.02. The molecule has 0 aliphatic rings. The van der Waals surface area contributed by atoms with E-state index in [1.165, 1.54) is 7.11 Å². The molecule has 0 spiro atoms. The molecule has 0 saturated carbocycles. The number of furan rings is 1. The number of carbonyl (C=O) groups excluding carboxylic acids is 1. The molecule has 21 heavy (non-hydrogen) atoms. The van der Waals surface area contributed by atoms with Gasteiger partial charge in [-0.05, 0) is 30.3 Å². The number of nitrogens with one attached hydrogen (secondary N) is 1. The van der Waals surface area contributed by atoms with Crippen LogP contribution in [-0.4, -0.2) is 27.2 Å². The molecule has 0 saturated heterocycles. The lowest BCUT2D eigenvalue weighted by Gasteiger charge is -2.18. The van der Waals surface area contributed by atoms with E-state index in [1.807, 2.05) is 37.2 Å². The van der Waals surface area contributed by atoms with Gasteiger partial charge in [0.2, 0.25) is 5.76 Å². The van der Waals surface area contributed by atoms with Crippen molar-refractivity contribution in [3.8, 4) is 0 Å². The van der Waals surface area contributed by atoms with Crippen molar-refractivity contribution in [2.75, 3.05) is 31.4 Å². The number of hydrogen-bond donors (Lipinski definition) is 1. The highest BCUT2D eigenvalue weighted by Crippen LogP contribution is 2.28. The van der Waals surface area contributed by atoms with Gasteiger partial charge in [0, 0.05) is 19.1 Å². The Morgan fingerprint density at radius 3 is 2.76 bits per heavy atom. The highest BCUT2D eigenvalue weighted by Gasteiger charge is 2.11. The molecule has 2 aromatic rings. The van der Waals surface area contributed by atoms with Gasteiger partial charge in [0.1, 0.15) is 5.76 Å². The van der Waals surface area contributed by atoms with E-state index in [4.69, 9.17) is 16.0 Å². The van der Waals surface area contributed by atoms with Gasteiger partial charge in [-0.15, -0.1) is 0 Å². The van der Waals surface area contributed by atoms with Crippen LogP contribution in [0.1, 0.15) is 16.3 Å². The van der Waals surface area contributed by atoms with Crippen molar-refractivity contribution in [3.63, 3.8) is 0 Å². The van der Waals surface area contributed by atoms with E-state index in [2.05, 4.69) is 10.1 Å². The minimum atomic E-state index is -0.488. The molecule has 0 aliphatic heterocycles. The highest BCUT2D eigenvalue weighted by molar-refractivity contribution is 6.31. The van der Waals surface area contributed by atoms with Crippen LogP contribution in [-0.2, 0) is 11.3 Å². The molecular formula is C15H17ClN2O3. The number of nitrogens with zero attached hydrogens (tertiary/aromatic N) is 1. The van der Waals surface area contributed by atoms with Crippen LogP contribution in [0, 0.1) is 0 Å². The summed E-state index contributed by atoms with van der Waals surface area (Å²) in [6, 6.07) is 8.95. The molecule has 0 aliphatic carbocycles. The molecule has 1 heterocycles. The summed E-state index contributed by atoms with van der Waals surface area (Å²) in [5.74, 6) is 0.339. The van der Waals surface area contributed by atoms with E-state index < -0.39 is 5.97 Å². The lowest BCUT2D eigenvalue weighted by atomic mass is 10.2. The minimum Gasteiger partial charge on any atom is -0.463 e. The predicted octanol–water partition coefficient (Wildman–Crippen LogP) is 3.40. The largest absolute Gasteiger partial charge is 0.463 e.